The number of hydrogen-bond acceptors (Lipinski definition) is 5. The summed E-state index contributed by atoms with van der Waals surface area (Å²) in [6, 6.07) is 6.99. The van der Waals surface area contributed by atoms with Crippen LogP contribution < -0.4 is 10.6 Å². The molecule has 9 heteroatoms. The van der Waals surface area contributed by atoms with Crippen LogP contribution in [0, 0.1) is 5.92 Å². The summed E-state index contributed by atoms with van der Waals surface area (Å²) >= 11 is 0. The van der Waals surface area contributed by atoms with E-state index >= 15 is 0 Å². The van der Waals surface area contributed by atoms with Gasteiger partial charge in [0.2, 0.25) is 11.8 Å². The number of imide groups is 1. The van der Waals surface area contributed by atoms with Crippen LogP contribution in [0.1, 0.15) is 92.1 Å². The molecule has 2 saturated carbocycles. The van der Waals surface area contributed by atoms with Crippen LogP contribution in [0.3, 0.4) is 0 Å². The molecule has 7 nitrogen and oxygen atoms in total. The fourth-order valence-electron chi connectivity index (χ4n) is 6.30. The molecule has 36 heavy (non-hydrogen) atoms. The number of aliphatic hydroxyl groups excluding tert-OH is 1. The highest BCUT2D eigenvalue weighted by Crippen LogP contribution is 2.32. The highest BCUT2D eigenvalue weighted by atomic mass is 19.3. The highest BCUT2D eigenvalue weighted by Gasteiger charge is 2.39. The third-order valence-electron chi connectivity index (χ3n) is 8.05. The zero-order valence-electron chi connectivity index (χ0n) is 20.7. The van der Waals surface area contributed by atoms with Crippen LogP contribution in [-0.4, -0.2) is 52.5 Å². The van der Waals surface area contributed by atoms with E-state index in [4.69, 9.17) is 5.11 Å². The number of amides is 3. The van der Waals surface area contributed by atoms with Gasteiger partial charge in [0.15, 0.2) is 0 Å². The summed E-state index contributed by atoms with van der Waals surface area (Å²) in [5.74, 6) is -0.0364. The summed E-state index contributed by atoms with van der Waals surface area (Å²) < 4.78 is 19.8. The van der Waals surface area contributed by atoms with Crippen molar-refractivity contribution < 1.29 is 28.3 Å². The summed E-state index contributed by atoms with van der Waals surface area (Å²) in [4.78, 5) is 38.4. The standard InChI is InChI=1S/C26H35N3O3.CH2F2O/c30-24-13-12-23(25(31)28-24)29-16-19-15-17(10-11-21(19)26(29)32)14-18-6-4-5-9-22(18)27-20-7-2-1-3-8-20;2-1(3)4/h10-11,15,18,20,22-23,27H,1-9,12-14,16H2,(H,28,30,31);1,4H/t18-,22+,23?;/m1./s1. The number of halogens is 2. The van der Waals surface area contributed by atoms with Gasteiger partial charge in [-0.1, -0.05) is 44.2 Å². The van der Waals surface area contributed by atoms with Gasteiger partial charge in [-0.3, -0.25) is 19.7 Å². The number of fused-ring (bicyclic) bond motifs is 1. The van der Waals surface area contributed by atoms with E-state index in [0.717, 1.165) is 12.0 Å². The number of carbonyl (C=O) groups excluding carboxylic acids is 3. The molecule has 3 amide bonds. The number of hydrogen-bond donors (Lipinski definition) is 3. The third-order valence-corrected chi connectivity index (χ3v) is 8.05. The SMILES string of the molecule is O=C1CCC(N2Cc3cc(C[C@H]4CCCC[C@@H]4NC4CCCCC4)ccc3C2=O)C(=O)N1.OC(F)F. The lowest BCUT2D eigenvalue weighted by Gasteiger charge is -2.36. The summed E-state index contributed by atoms with van der Waals surface area (Å²) in [7, 11) is 0. The molecule has 1 unspecified atom stereocenters. The Morgan fingerprint density at radius 3 is 2.42 bits per heavy atom. The van der Waals surface area contributed by atoms with Crippen LogP contribution in [0.4, 0.5) is 8.78 Å². The van der Waals surface area contributed by atoms with Gasteiger partial charge in [-0.05, 0) is 61.6 Å². The normalized spacial score (nSPS) is 26.9. The maximum absolute atomic E-state index is 12.9. The van der Waals surface area contributed by atoms with E-state index in [2.05, 4.69) is 22.8 Å². The van der Waals surface area contributed by atoms with E-state index in [0.29, 0.717) is 43.0 Å². The van der Waals surface area contributed by atoms with Crippen molar-refractivity contribution >= 4 is 17.7 Å². The molecule has 4 aliphatic rings. The van der Waals surface area contributed by atoms with E-state index in [1.165, 1.54) is 63.4 Å². The molecule has 1 saturated heterocycles. The third kappa shape index (κ3) is 6.68. The van der Waals surface area contributed by atoms with Gasteiger partial charge >= 0.3 is 6.61 Å². The number of nitrogens with zero attached hydrogens (tertiary/aromatic N) is 1. The fourth-order valence-corrected chi connectivity index (χ4v) is 6.30. The van der Waals surface area contributed by atoms with Gasteiger partial charge < -0.3 is 15.3 Å². The van der Waals surface area contributed by atoms with Gasteiger partial charge in [0, 0.05) is 30.6 Å². The van der Waals surface area contributed by atoms with E-state index in [9.17, 15) is 23.2 Å². The lowest BCUT2D eigenvalue weighted by Crippen LogP contribution is -2.52. The Balaban J connectivity index is 0.000000709. The zero-order chi connectivity index (χ0) is 25.7. The molecule has 3 fully saturated rings. The summed E-state index contributed by atoms with van der Waals surface area (Å²) in [5.41, 5.74) is 3.02. The van der Waals surface area contributed by atoms with Crippen LogP contribution in [0.2, 0.25) is 0 Å². The molecule has 1 aromatic rings. The molecular weight excluding hydrogens is 468 g/mol. The van der Waals surface area contributed by atoms with E-state index in [1.807, 2.05) is 6.07 Å². The minimum atomic E-state index is -3.17. The van der Waals surface area contributed by atoms with Crippen molar-refractivity contribution in [3.05, 3.63) is 34.9 Å². The highest BCUT2D eigenvalue weighted by molar-refractivity contribution is 6.05. The molecule has 3 N–H and O–H groups in total. The molecule has 2 aliphatic carbocycles. The van der Waals surface area contributed by atoms with Gasteiger partial charge in [-0.15, -0.1) is 0 Å². The van der Waals surface area contributed by atoms with Gasteiger partial charge in [-0.2, -0.15) is 8.78 Å². The molecule has 198 valence electrons. The quantitative estimate of drug-likeness (QED) is 0.531. The number of alkyl halides is 2. The summed E-state index contributed by atoms with van der Waals surface area (Å²) in [6.45, 7) is -2.71. The molecule has 0 aromatic heterocycles. The topological polar surface area (TPSA) is 98.7 Å². The molecule has 0 radical (unpaired) electrons. The minimum Gasteiger partial charge on any atom is -0.339 e. The van der Waals surface area contributed by atoms with Crippen molar-refractivity contribution in [2.24, 2.45) is 5.92 Å². The average molecular weight is 506 g/mol. The summed E-state index contributed by atoms with van der Waals surface area (Å²) in [5, 5.41) is 13.1. The van der Waals surface area contributed by atoms with Crippen LogP contribution in [0.25, 0.3) is 0 Å². The Kier molecular flexibility index (Phi) is 9.06. The first kappa shape index (κ1) is 26.7. The molecule has 5 rings (SSSR count). The van der Waals surface area contributed by atoms with Gasteiger partial charge in [-0.25, -0.2) is 0 Å². The Bertz CT molecular complexity index is 948. The fraction of sp³-hybridized carbons (Fsp3) is 0.667. The number of aliphatic hydroxyl groups is 1. The molecule has 3 atom stereocenters. The summed E-state index contributed by atoms with van der Waals surface area (Å²) in [6.07, 6.45) is 13.7. The second kappa shape index (κ2) is 12.2. The molecule has 2 aliphatic heterocycles. The van der Waals surface area contributed by atoms with Gasteiger partial charge in [0.25, 0.3) is 5.91 Å². The Morgan fingerprint density at radius 2 is 1.69 bits per heavy atom. The lowest BCUT2D eigenvalue weighted by molar-refractivity contribution is -0.136. The van der Waals surface area contributed by atoms with Crippen molar-refractivity contribution in [1.29, 1.82) is 0 Å². The molecule has 0 spiro atoms. The van der Waals surface area contributed by atoms with Crippen molar-refractivity contribution in [3.63, 3.8) is 0 Å². The van der Waals surface area contributed by atoms with Crippen LogP contribution in [0.15, 0.2) is 18.2 Å². The van der Waals surface area contributed by atoms with Crippen molar-refractivity contribution in [1.82, 2.24) is 15.5 Å². The smallest absolute Gasteiger partial charge is 0.339 e. The second-order valence-electron chi connectivity index (χ2n) is 10.5. The average Bonchev–Trinajstić information content (AvgIpc) is 3.16. The first-order chi connectivity index (χ1) is 17.3. The Morgan fingerprint density at radius 1 is 1.00 bits per heavy atom. The van der Waals surface area contributed by atoms with Crippen LogP contribution >= 0.6 is 0 Å². The van der Waals surface area contributed by atoms with Crippen molar-refractivity contribution in [2.75, 3.05) is 0 Å². The van der Waals surface area contributed by atoms with Gasteiger partial charge in [0.05, 0.1) is 0 Å². The van der Waals surface area contributed by atoms with E-state index < -0.39 is 12.7 Å². The maximum Gasteiger partial charge on any atom is 0.342 e. The number of benzene rings is 1. The van der Waals surface area contributed by atoms with E-state index in [-0.39, 0.29) is 17.7 Å². The van der Waals surface area contributed by atoms with Crippen LogP contribution in [0.5, 0.6) is 0 Å². The number of carbonyl (C=O) groups is 3. The predicted molar refractivity (Wildman–Crippen MR) is 130 cm³/mol. The maximum atomic E-state index is 12.9. The van der Waals surface area contributed by atoms with Crippen LogP contribution in [-0.2, 0) is 22.6 Å². The Hall–Kier alpha value is -2.39. The van der Waals surface area contributed by atoms with E-state index in [1.54, 1.807) is 4.90 Å². The van der Waals surface area contributed by atoms with Gasteiger partial charge in [0.1, 0.15) is 6.04 Å². The monoisotopic (exact) mass is 505 g/mol. The number of piperidine rings is 1. The molecule has 1 aromatic carbocycles. The molecular formula is C27H37F2N3O4. The first-order valence-corrected chi connectivity index (χ1v) is 13.3. The Labute approximate surface area is 211 Å². The first-order valence-electron chi connectivity index (χ1n) is 13.3. The largest absolute Gasteiger partial charge is 0.342 e. The number of nitrogens with one attached hydrogen (secondary N) is 2. The lowest BCUT2D eigenvalue weighted by atomic mass is 9.79. The van der Waals surface area contributed by atoms with Crippen molar-refractivity contribution in [2.45, 2.75) is 108 Å². The minimum absolute atomic E-state index is 0.0874. The zero-order valence-corrected chi connectivity index (χ0v) is 20.7. The molecule has 0 bridgehead atoms. The van der Waals surface area contributed by atoms with Crippen molar-refractivity contribution in [3.8, 4) is 0 Å². The second-order valence-corrected chi connectivity index (χ2v) is 10.5. The predicted octanol–water partition coefficient (Wildman–Crippen LogP) is 3.67. The molecule has 2 heterocycles. The number of rotatable bonds is 5.